The number of nitrogens with one attached hydrogen (secondary N) is 2. The summed E-state index contributed by atoms with van der Waals surface area (Å²) in [5.74, 6) is -0.339. The van der Waals surface area contributed by atoms with Gasteiger partial charge in [-0.3, -0.25) is 4.79 Å². The molecule has 2 heterocycles. The second-order valence-corrected chi connectivity index (χ2v) is 7.83. The third-order valence-corrected chi connectivity index (χ3v) is 6.02. The molecule has 2 unspecified atom stereocenters. The van der Waals surface area contributed by atoms with Gasteiger partial charge in [-0.1, -0.05) is 13.8 Å². The highest BCUT2D eigenvalue weighted by Crippen LogP contribution is 2.61. The highest BCUT2D eigenvalue weighted by molar-refractivity contribution is 5.88. The molecule has 2 N–H and O–H groups in total. The first-order chi connectivity index (χ1) is 12.2. The lowest BCUT2D eigenvalue weighted by molar-refractivity contribution is -0.143. The minimum atomic E-state index is -1.04. The third kappa shape index (κ3) is 3.47. The topological polar surface area (TPSA) is 114 Å². The van der Waals surface area contributed by atoms with Gasteiger partial charge < -0.3 is 25.0 Å². The number of carbonyl (C=O) groups excluding carboxylic acids is 4. The molecule has 0 radical (unpaired) electrons. The average molecular weight is 367 g/mol. The normalized spacial score (nSPS) is 29.4. The maximum Gasteiger partial charge on any atom is 0.418 e. The highest BCUT2D eigenvalue weighted by Gasteiger charge is 2.63. The van der Waals surface area contributed by atoms with Gasteiger partial charge in [0.1, 0.15) is 6.04 Å². The van der Waals surface area contributed by atoms with Gasteiger partial charge in [0.2, 0.25) is 5.91 Å². The summed E-state index contributed by atoms with van der Waals surface area (Å²) in [5.41, 5.74) is 0.247. The highest BCUT2D eigenvalue weighted by atomic mass is 16.6. The summed E-state index contributed by atoms with van der Waals surface area (Å²) in [6, 6.07) is -1.04. The number of ether oxygens (including phenoxy) is 2. The third-order valence-electron chi connectivity index (χ3n) is 6.02. The van der Waals surface area contributed by atoms with Gasteiger partial charge >= 0.3 is 18.2 Å². The minimum Gasteiger partial charge on any atom is -0.467 e. The van der Waals surface area contributed by atoms with Crippen LogP contribution < -0.4 is 10.6 Å². The van der Waals surface area contributed by atoms with E-state index in [1.165, 1.54) is 12.0 Å². The maximum absolute atomic E-state index is 12.1. The summed E-state index contributed by atoms with van der Waals surface area (Å²) in [6.45, 7) is 6.02. The molecule has 3 fully saturated rings. The van der Waals surface area contributed by atoms with Crippen LogP contribution in [0.25, 0.3) is 0 Å². The van der Waals surface area contributed by atoms with Gasteiger partial charge in [0.25, 0.3) is 0 Å². The Morgan fingerprint density at radius 3 is 2.50 bits per heavy atom. The van der Waals surface area contributed by atoms with Gasteiger partial charge in [-0.05, 0) is 30.1 Å². The molecule has 1 aliphatic carbocycles. The van der Waals surface area contributed by atoms with Crippen LogP contribution in [0.4, 0.5) is 9.59 Å². The molecule has 0 aromatic heterocycles. The second kappa shape index (κ2) is 6.77. The van der Waals surface area contributed by atoms with E-state index in [-0.39, 0.29) is 23.7 Å². The Bertz CT molecular complexity index is 620. The lowest BCUT2D eigenvalue weighted by Gasteiger charge is -2.22. The number of nitrogens with zero attached hydrogens (tertiary/aromatic N) is 1. The van der Waals surface area contributed by atoms with E-state index >= 15 is 0 Å². The van der Waals surface area contributed by atoms with Crippen LogP contribution in [0.3, 0.4) is 0 Å². The number of carbonyl (C=O) groups is 4. The molecule has 0 bridgehead atoms. The van der Waals surface area contributed by atoms with Crippen molar-refractivity contribution < 1.29 is 28.7 Å². The zero-order valence-electron chi connectivity index (χ0n) is 15.2. The van der Waals surface area contributed by atoms with Crippen molar-refractivity contribution in [3.8, 4) is 0 Å². The molecule has 9 heteroatoms. The fourth-order valence-electron chi connectivity index (χ4n) is 4.11. The number of fused-ring (bicyclic) bond motifs is 1. The van der Waals surface area contributed by atoms with Crippen LogP contribution in [0.15, 0.2) is 0 Å². The Balaban J connectivity index is 1.50. The maximum atomic E-state index is 12.1. The number of hydrogen-bond acceptors (Lipinski definition) is 6. The number of hydrogen-bond donors (Lipinski definition) is 2. The molecular formula is C17H25N3O6. The van der Waals surface area contributed by atoms with Crippen LogP contribution >= 0.6 is 0 Å². The first-order valence-electron chi connectivity index (χ1n) is 8.86. The van der Waals surface area contributed by atoms with Gasteiger partial charge in [0, 0.05) is 25.6 Å². The van der Waals surface area contributed by atoms with Crippen molar-refractivity contribution in [2.24, 2.45) is 23.2 Å². The van der Waals surface area contributed by atoms with Crippen LogP contribution in [-0.2, 0) is 19.1 Å². The van der Waals surface area contributed by atoms with E-state index in [1.807, 2.05) is 0 Å². The van der Waals surface area contributed by atoms with Crippen LogP contribution in [0.2, 0.25) is 0 Å². The Kier molecular flexibility index (Phi) is 4.81. The molecule has 144 valence electrons. The molecule has 0 aromatic carbocycles. The predicted octanol–water partition coefficient (Wildman–Crippen LogP) is 0.488. The van der Waals surface area contributed by atoms with Crippen molar-refractivity contribution in [2.45, 2.75) is 32.7 Å². The first-order valence-corrected chi connectivity index (χ1v) is 8.86. The zero-order valence-corrected chi connectivity index (χ0v) is 15.2. The number of alkyl carbamates (subject to hydrolysis) is 1. The van der Waals surface area contributed by atoms with Crippen LogP contribution in [0.5, 0.6) is 0 Å². The number of amides is 3. The summed E-state index contributed by atoms with van der Waals surface area (Å²) in [7, 11) is 1.19. The standard InChI is InChI=1S/C17H25N3O6/c1-17(2)10-7-20(8-11(10)17)16(24)26-15(23)19-12(14(22)25-3)6-9-4-5-18-13(9)21/h9-12H,4-8H2,1-3H3,(H,18,21)(H,19,23)/t9-,10?,11?,12-/m0/s1. The lowest BCUT2D eigenvalue weighted by atomic mass is 9.98. The molecule has 0 spiro atoms. The van der Waals surface area contributed by atoms with Crippen molar-refractivity contribution in [1.29, 1.82) is 0 Å². The molecule has 1 saturated carbocycles. The summed E-state index contributed by atoms with van der Waals surface area (Å²) in [4.78, 5) is 49.2. The molecular weight excluding hydrogens is 342 g/mol. The molecule has 26 heavy (non-hydrogen) atoms. The van der Waals surface area contributed by atoms with E-state index in [2.05, 4.69) is 29.2 Å². The Hall–Kier alpha value is -2.32. The number of piperidine rings is 1. The van der Waals surface area contributed by atoms with Crippen LogP contribution in [0.1, 0.15) is 26.7 Å². The van der Waals surface area contributed by atoms with E-state index < -0.39 is 24.2 Å². The summed E-state index contributed by atoms with van der Waals surface area (Å²) in [5, 5.41) is 5.02. The van der Waals surface area contributed by atoms with Gasteiger partial charge in [0.05, 0.1) is 7.11 Å². The van der Waals surface area contributed by atoms with Crippen LogP contribution in [0, 0.1) is 23.2 Å². The van der Waals surface area contributed by atoms with Gasteiger partial charge in [-0.2, -0.15) is 0 Å². The minimum absolute atomic E-state index is 0.101. The van der Waals surface area contributed by atoms with E-state index in [9.17, 15) is 19.2 Å². The number of esters is 1. The summed E-state index contributed by atoms with van der Waals surface area (Å²) < 4.78 is 9.49. The van der Waals surface area contributed by atoms with Crippen molar-refractivity contribution in [3.63, 3.8) is 0 Å². The smallest absolute Gasteiger partial charge is 0.418 e. The lowest BCUT2D eigenvalue weighted by Crippen LogP contribution is -2.45. The molecule has 3 aliphatic rings. The Morgan fingerprint density at radius 2 is 1.96 bits per heavy atom. The number of likely N-dealkylation sites (tertiary alicyclic amines) is 1. The van der Waals surface area contributed by atoms with Gasteiger partial charge in [-0.25, -0.2) is 14.4 Å². The molecule has 3 rings (SSSR count). The fourth-order valence-corrected chi connectivity index (χ4v) is 4.11. The van der Waals surface area contributed by atoms with E-state index in [1.54, 1.807) is 0 Å². The average Bonchev–Trinajstić information content (AvgIpc) is 3.01. The molecule has 0 aromatic rings. The van der Waals surface area contributed by atoms with Crippen molar-refractivity contribution in [1.82, 2.24) is 15.5 Å². The SMILES string of the molecule is COC(=O)[C@H](C[C@@H]1CCNC1=O)NC(=O)OC(=O)N1CC2C(C1)C2(C)C. The second-order valence-electron chi connectivity index (χ2n) is 7.83. The van der Waals surface area contributed by atoms with E-state index in [0.717, 1.165) is 0 Å². The molecule has 3 amide bonds. The van der Waals surface area contributed by atoms with E-state index in [0.29, 0.717) is 37.9 Å². The Morgan fingerprint density at radius 1 is 1.31 bits per heavy atom. The summed E-state index contributed by atoms with van der Waals surface area (Å²) in [6.07, 6.45) is -1.05. The predicted molar refractivity (Wildman–Crippen MR) is 88.9 cm³/mol. The monoisotopic (exact) mass is 367 g/mol. The van der Waals surface area contributed by atoms with E-state index in [4.69, 9.17) is 4.74 Å². The quantitative estimate of drug-likeness (QED) is 0.552. The Labute approximate surface area is 151 Å². The molecule has 4 atom stereocenters. The number of methoxy groups -OCH3 is 1. The zero-order chi connectivity index (χ0) is 19.1. The van der Waals surface area contributed by atoms with Gasteiger partial charge in [0.15, 0.2) is 0 Å². The molecule has 9 nitrogen and oxygen atoms in total. The first kappa shape index (κ1) is 18.5. The molecule has 2 saturated heterocycles. The summed E-state index contributed by atoms with van der Waals surface area (Å²) >= 11 is 0. The largest absolute Gasteiger partial charge is 0.467 e. The van der Waals surface area contributed by atoms with Crippen LogP contribution in [-0.4, -0.2) is 61.7 Å². The van der Waals surface area contributed by atoms with Crippen molar-refractivity contribution >= 4 is 24.1 Å². The molecule has 2 aliphatic heterocycles. The number of rotatable bonds is 4. The van der Waals surface area contributed by atoms with Crippen molar-refractivity contribution in [3.05, 3.63) is 0 Å². The van der Waals surface area contributed by atoms with Gasteiger partial charge in [-0.15, -0.1) is 0 Å². The fraction of sp³-hybridized carbons (Fsp3) is 0.765. The van der Waals surface area contributed by atoms with Crippen molar-refractivity contribution in [2.75, 3.05) is 26.7 Å².